The lowest BCUT2D eigenvalue weighted by molar-refractivity contribution is -0.138. The van der Waals surface area contributed by atoms with E-state index in [1.807, 2.05) is 0 Å². The minimum atomic E-state index is -4.29. The van der Waals surface area contributed by atoms with Crippen LogP contribution in [0.3, 0.4) is 0 Å². The van der Waals surface area contributed by atoms with Gasteiger partial charge in [-0.05, 0) is 36.5 Å². The molecule has 0 spiro atoms. The largest absolute Gasteiger partial charge is 0.416 e. The smallest absolute Gasteiger partial charge is 0.381 e. The topological polar surface area (TPSA) is 9.23 Å². The summed E-state index contributed by atoms with van der Waals surface area (Å²) in [6.45, 7) is 1.06. The SMILES string of the molecule is FC(F)(F)c1cccc(Br)c1C1CCOCC1. The molecule has 0 unspecified atom stereocenters. The predicted molar refractivity (Wildman–Crippen MR) is 61.9 cm³/mol. The molecule has 5 heteroatoms. The second-order valence-corrected chi connectivity index (χ2v) is 4.94. The number of alkyl halides is 3. The van der Waals surface area contributed by atoms with Crippen LogP contribution in [-0.4, -0.2) is 13.2 Å². The highest BCUT2D eigenvalue weighted by molar-refractivity contribution is 9.10. The van der Waals surface area contributed by atoms with Gasteiger partial charge in [0.15, 0.2) is 0 Å². The maximum absolute atomic E-state index is 12.9. The first kappa shape index (κ1) is 12.9. The van der Waals surface area contributed by atoms with E-state index in [9.17, 15) is 13.2 Å². The summed E-state index contributed by atoms with van der Waals surface area (Å²) >= 11 is 3.23. The summed E-state index contributed by atoms with van der Waals surface area (Å²) in [5.74, 6) is -0.0732. The van der Waals surface area contributed by atoms with Gasteiger partial charge in [-0.3, -0.25) is 0 Å². The summed E-state index contributed by atoms with van der Waals surface area (Å²) in [5.41, 5.74) is -0.151. The van der Waals surface area contributed by atoms with Crippen LogP contribution in [0.5, 0.6) is 0 Å². The van der Waals surface area contributed by atoms with Crippen LogP contribution in [0.15, 0.2) is 22.7 Å². The zero-order valence-electron chi connectivity index (χ0n) is 9.06. The highest BCUT2D eigenvalue weighted by Gasteiger charge is 2.36. The Morgan fingerprint density at radius 2 is 1.82 bits per heavy atom. The minimum absolute atomic E-state index is 0.0732. The number of hydrogen-bond donors (Lipinski definition) is 0. The van der Waals surface area contributed by atoms with Gasteiger partial charge in [0.05, 0.1) is 5.56 Å². The average molecular weight is 309 g/mol. The Kier molecular flexibility index (Phi) is 3.78. The van der Waals surface area contributed by atoms with Crippen LogP contribution in [0, 0.1) is 0 Å². The Labute approximate surface area is 106 Å². The minimum Gasteiger partial charge on any atom is -0.381 e. The standard InChI is InChI=1S/C12H12BrF3O/c13-10-3-1-2-9(12(14,15)16)11(10)8-4-6-17-7-5-8/h1-3,8H,4-7H2. The van der Waals surface area contributed by atoms with E-state index < -0.39 is 11.7 Å². The maximum Gasteiger partial charge on any atom is 0.416 e. The van der Waals surface area contributed by atoms with E-state index in [1.165, 1.54) is 6.07 Å². The summed E-state index contributed by atoms with van der Waals surface area (Å²) < 4.78 is 44.5. The number of ether oxygens (including phenoxy) is 1. The van der Waals surface area contributed by atoms with Crippen LogP contribution in [0.25, 0.3) is 0 Å². The van der Waals surface area contributed by atoms with E-state index in [4.69, 9.17) is 4.74 Å². The fraction of sp³-hybridized carbons (Fsp3) is 0.500. The van der Waals surface area contributed by atoms with Crippen molar-refractivity contribution in [3.63, 3.8) is 0 Å². The summed E-state index contributed by atoms with van der Waals surface area (Å²) in [7, 11) is 0. The molecule has 1 fully saturated rings. The molecule has 0 saturated carbocycles. The Morgan fingerprint density at radius 1 is 1.18 bits per heavy atom. The maximum atomic E-state index is 12.9. The Morgan fingerprint density at radius 3 is 2.41 bits per heavy atom. The number of halogens is 4. The average Bonchev–Trinajstić information content (AvgIpc) is 2.28. The zero-order valence-corrected chi connectivity index (χ0v) is 10.6. The molecule has 1 aliphatic rings. The third kappa shape index (κ3) is 2.83. The third-order valence-corrected chi connectivity index (χ3v) is 3.68. The van der Waals surface area contributed by atoms with Crippen LogP contribution in [0.1, 0.15) is 29.9 Å². The van der Waals surface area contributed by atoms with Crippen molar-refractivity contribution in [2.75, 3.05) is 13.2 Å². The first-order chi connectivity index (χ1) is 8.00. The van der Waals surface area contributed by atoms with Gasteiger partial charge < -0.3 is 4.74 Å². The Hall–Kier alpha value is -0.550. The van der Waals surface area contributed by atoms with E-state index in [0.717, 1.165) is 6.07 Å². The number of rotatable bonds is 1. The fourth-order valence-corrected chi connectivity index (χ4v) is 2.88. The molecule has 0 aliphatic carbocycles. The predicted octanol–water partition coefficient (Wildman–Crippen LogP) is 4.36. The highest BCUT2D eigenvalue weighted by atomic mass is 79.9. The van der Waals surface area contributed by atoms with E-state index in [-0.39, 0.29) is 5.92 Å². The quantitative estimate of drug-likeness (QED) is 0.749. The lowest BCUT2D eigenvalue weighted by Gasteiger charge is -2.26. The first-order valence-corrected chi connectivity index (χ1v) is 6.23. The van der Waals surface area contributed by atoms with Crippen LogP contribution in [-0.2, 0) is 10.9 Å². The highest BCUT2D eigenvalue weighted by Crippen LogP contribution is 2.41. The molecular formula is C12H12BrF3O. The van der Waals surface area contributed by atoms with Crippen molar-refractivity contribution in [2.45, 2.75) is 24.9 Å². The van der Waals surface area contributed by atoms with Crippen LogP contribution in [0.4, 0.5) is 13.2 Å². The van der Waals surface area contributed by atoms with Crippen LogP contribution >= 0.6 is 15.9 Å². The zero-order chi connectivity index (χ0) is 12.5. The molecule has 1 nitrogen and oxygen atoms in total. The van der Waals surface area contributed by atoms with Gasteiger partial charge in [-0.25, -0.2) is 0 Å². The van der Waals surface area contributed by atoms with Crippen molar-refractivity contribution >= 4 is 15.9 Å². The lowest BCUT2D eigenvalue weighted by Crippen LogP contribution is -2.19. The molecule has 0 N–H and O–H groups in total. The van der Waals surface area contributed by atoms with E-state index in [2.05, 4.69) is 15.9 Å². The van der Waals surface area contributed by atoms with Gasteiger partial charge in [-0.1, -0.05) is 22.0 Å². The van der Waals surface area contributed by atoms with E-state index in [1.54, 1.807) is 6.07 Å². The third-order valence-electron chi connectivity index (χ3n) is 2.99. The molecule has 1 saturated heterocycles. The van der Waals surface area contributed by atoms with Crippen molar-refractivity contribution in [1.82, 2.24) is 0 Å². The summed E-state index contributed by atoms with van der Waals surface area (Å²) in [4.78, 5) is 0. The van der Waals surface area contributed by atoms with Crippen molar-refractivity contribution in [3.8, 4) is 0 Å². The van der Waals surface area contributed by atoms with Crippen molar-refractivity contribution in [2.24, 2.45) is 0 Å². The fourth-order valence-electron chi connectivity index (χ4n) is 2.19. The first-order valence-electron chi connectivity index (χ1n) is 5.43. The normalized spacial score (nSPS) is 18.4. The second kappa shape index (κ2) is 4.98. The van der Waals surface area contributed by atoms with Crippen LogP contribution in [0.2, 0.25) is 0 Å². The van der Waals surface area contributed by atoms with Gasteiger partial charge in [0.2, 0.25) is 0 Å². The van der Waals surface area contributed by atoms with Gasteiger partial charge >= 0.3 is 6.18 Å². The molecule has 0 aromatic heterocycles. The van der Waals surface area contributed by atoms with Crippen molar-refractivity contribution < 1.29 is 17.9 Å². The summed E-state index contributed by atoms with van der Waals surface area (Å²) in [6, 6.07) is 4.24. The molecule has 0 amide bonds. The van der Waals surface area contributed by atoms with E-state index >= 15 is 0 Å². The molecule has 0 atom stereocenters. The van der Waals surface area contributed by atoms with Gasteiger partial charge in [0.1, 0.15) is 0 Å². The van der Waals surface area contributed by atoms with Crippen LogP contribution < -0.4 is 0 Å². The molecule has 1 aliphatic heterocycles. The van der Waals surface area contributed by atoms with Gasteiger partial charge in [0, 0.05) is 17.7 Å². The van der Waals surface area contributed by atoms with Crippen molar-refractivity contribution in [3.05, 3.63) is 33.8 Å². The molecule has 1 heterocycles. The second-order valence-electron chi connectivity index (χ2n) is 4.09. The van der Waals surface area contributed by atoms with E-state index in [0.29, 0.717) is 36.1 Å². The number of hydrogen-bond acceptors (Lipinski definition) is 1. The lowest BCUT2D eigenvalue weighted by atomic mass is 9.88. The Balaban J connectivity index is 2.43. The molecule has 94 valence electrons. The van der Waals surface area contributed by atoms with Gasteiger partial charge in [-0.15, -0.1) is 0 Å². The summed E-state index contributed by atoms with van der Waals surface area (Å²) in [6.07, 6.45) is -3.01. The van der Waals surface area contributed by atoms with Gasteiger partial charge in [-0.2, -0.15) is 13.2 Å². The van der Waals surface area contributed by atoms with Crippen molar-refractivity contribution in [1.29, 1.82) is 0 Å². The monoisotopic (exact) mass is 308 g/mol. The molecule has 0 radical (unpaired) electrons. The summed E-state index contributed by atoms with van der Waals surface area (Å²) in [5, 5.41) is 0. The molecule has 2 rings (SSSR count). The molecule has 17 heavy (non-hydrogen) atoms. The van der Waals surface area contributed by atoms with Gasteiger partial charge in [0.25, 0.3) is 0 Å². The molecular weight excluding hydrogens is 297 g/mol. The molecule has 0 bridgehead atoms. The molecule has 1 aromatic rings. The molecule has 1 aromatic carbocycles. The Bertz CT molecular complexity index is 397. The number of benzene rings is 1.